The lowest BCUT2D eigenvalue weighted by atomic mass is 9.92. The number of carbonyl (C=O) groups excluding carboxylic acids is 1. The molecule has 2 fully saturated rings. The molecule has 2 bridgehead atoms. The predicted molar refractivity (Wildman–Crippen MR) is 66.5 cm³/mol. The molecule has 0 aromatic rings. The Balaban J connectivity index is 2.05. The molecule has 2 aliphatic heterocycles. The van der Waals surface area contributed by atoms with Crippen molar-refractivity contribution < 1.29 is 9.53 Å². The number of hydrogen-bond acceptors (Lipinski definition) is 4. The zero-order valence-electron chi connectivity index (χ0n) is 11.1. The van der Waals surface area contributed by atoms with Crippen LogP contribution in [0.25, 0.3) is 0 Å². The number of carbonyl (C=O) groups is 1. The normalized spacial score (nSPS) is 36.6. The Morgan fingerprint density at radius 1 is 1.29 bits per heavy atom. The first kappa shape index (κ1) is 12.8. The summed E-state index contributed by atoms with van der Waals surface area (Å²) >= 11 is 0. The van der Waals surface area contributed by atoms with E-state index >= 15 is 0 Å². The van der Waals surface area contributed by atoms with E-state index in [0.29, 0.717) is 18.1 Å². The molecule has 0 saturated carbocycles. The van der Waals surface area contributed by atoms with Crippen LogP contribution in [0.4, 0.5) is 0 Å². The Labute approximate surface area is 103 Å². The predicted octanol–water partition coefficient (Wildman–Crippen LogP) is 1.14. The number of fused-ring (bicyclic) bond motifs is 2. The number of hydrogen-bond donors (Lipinski definition) is 1. The second-order valence-corrected chi connectivity index (χ2v) is 5.62. The average Bonchev–Trinajstić information content (AvgIpc) is 2.58. The van der Waals surface area contributed by atoms with E-state index in [4.69, 9.17) is 10.5 Å². The lowest BCUT2D eigenvalue weighted by Crippen LogP contribution is -2.53. The molecule has 0 radical (unpaired) electrons. The number of nitrogens with two attached hydrogens (primary N) is 1. The number of piperidine rings is 1. The molecule has 4 unspecified atom stereocenters. The SMILES string of the molecule is COC(=O)C(C)C(C)N1C2CCC1CC(N)C2. The third-order valence-electron chi connectivity index (χ3n) is 4.59. The summed E-state index contributed by atoms with van der Waals surface area (Å²) in [4.78, 5) is 14.1. The van der Waals surface area contributed by atoms with Gasteiger partial charge in [0.2, 0.25) is 0 Å². The topological polar surface area (TPSA) is 55.6 Å². The summed E-state index contributed by atoms with van der Waals surface area (Å²) in [7, 11) is 1.46. The monoisotopic (exact) mass is 240 g/mol. The van der Waals surface area contributed by atoms with E-state index in [0.717, 1.165) is 12.8 Å². The molecule has 0 aromatic carbocycles. The zero-order valence-corrected chi connectivity index (χ0v) is 11.1. The Morgan fingerprint density at radius 2 is 1.82 bits per heavy atom. The van der Waals surface area contributed by atoms with Gasteiger partial charge in [-0.25, -0.2) is 0 Å². The first-order valence-electron chi connectivity index (χ1n) is 6.65. The number of methoxy groups -OCH3 is 1. The molecule has 2 heterocycles. The fourth-order valence-electron chi connectivity index (χ4n) is 3.56. The summed E-state index contributed by atoms with van der Waals surface area (Å²) in [5, 5.41) is 0. The van der Waals surface area contributed by atoms with E-state index < -0.39 is 0 Å². The quantitative estimate of drug-likeness (QED) is 0.752. The molecule has 4 atom stereocenters. The van der Waals surface area contributed by atoms with Gasteiger partial charge in [0.25, 0.3) is 0 Å². The van der Waals surface area contributed by atoms with Crippen LogP contribution in [0.5, 0.6) is 0 Å². The van der Waals surface area contributed by atoms with Crippen LogP contribution >= 0.6 is 0 Å². The van der Waals surface area contributed by atoms with Gasteiger partial charge in [0, 0.05) is 24.2 Å². The van der Waals surface area contributed by atoms with Crippen molar-refractivity contribution in [2.75, 3.05) is 7.11 Å². The highest BCUT2D eigenvalue weighted by Gasteiger charge is 2.43. The van der Waals surface area contributed by atoms with Crippen LogP contribution in [0.2, 0.25) is 0 Å². The third kappa shape index (κ3) is 2.33. The van der Waals surface area contributed by atoms with Gasteiger partial charge in [0.1, 0.15) is 0 Å². The van der Waals surface area contributed by atoms with E-state index in [9.17, 15) is 4.79 Å². The van der Waals surface area contributed by atoms with Gasteiger partial charge >= 0.3 is 5.97 Å². The molecule has 0 spiro atoms. The van der Waals surface area contributed by atoms with E-state index in [2.05, 4.69) is 11.8 Å². The highest BCUT2D eigenvalue weighted by molar-refractivity contribution is 5.72. The van der Waals surface area contributed by atoms with E-state index in [1.807, 2.05) is 6.92 Å². The summed E-state index contributed by atoms with van der Waals surface area (Å²) in [6.45, 7) is 4.11. The molecule has 0 amide bonds. The lowest BCUT2D eigenvalue weighted by Gasteiger charge is -2.43. The van der Waals surface area contributed by atoms with Gasteiger partial charge in [-0.1, -0.05) is 6.92 Å². The van der Waals surface area contributed by atoms with Gasteiger partial charge in [-0.2, -0.15) is 0 Å². The smallest absolute Gasteiger partial charge is 0.309 e. The second kappa shape index (κ2) is 4.94. The van der Waals surface area contributed by atoms with Crippen molar-refractivity contribution >= 4 is 5.97 Å². The molecule has 0 aromatic heterocycles. The Kier molecular flexibility index (Phi) is 3.73. The molecular weight excluding hydrogens is 216 g/mol. The van der Waals surface area contributed by atoms with Crippen molar-refractivity contribution in [3.05, 3.63) is 0 Å². The molecule has 2 rings (SSSR count). The molecule has 4 heteroatoms. The molecular formula is C13H24N2O2. The second-order valence-electron chi connectivity index (χ2n) is 5.62. The van der Waals surface area contributed by atoms with Crippen molar-refractivity contribution in [1.82, 2.24) is 4.90 Å². The van der Waals surface area contributed by atoms with Crippen LogP contribution < -0.4 is 5.73 Å². The fourth-order valence-corrected chi connectivity index (χ4v) is 3.56. The summed E-state index contributed by atoms with van der Waals surface area (Å²) in [5.41, 5.74) is 6.06. The van der Waals surface area contributed by atoms with Crippen LogP contribution in [-0.2, 0) is 9.53 Å². The van der Waals surface area contributed by atoms with Gasteiger partial charge < -0.3 is 10.5 Å². The van der Waals surface area contributed by atoms with Gasteiger partial charge in [-0.05, 0) is 32.6 Å². The molecule has 98 valence electrons. The standard InChI is InChI=1S/C13H24N2O2/c1-8(13(16)17-3)9(2)15-11-4-5-12(15)7-10(14)6-11/h8-12H,4-7,14H2,1-3H3. The third-order valence-corrected chi connectivity index (χ3v) is 4.59. The largest absolute Gasteiger partial charge is 0.469 e. The minimum atomic E-state index is -0.105. The van der Waals surface area contributed by atoms with E-state index in [1.165, 1.54) is 20.0 Å². The minimum Gasteiger partial charge on any atom is -0.469 e. The van der Waals surface area contributed by atoms with E-state index in [1.54, 1.807) is 0 Å². The molecule has 2 aliphatic rings. The summed E-state index contributed by atoms with van der Waals surface area (Å²) < 4.78 is 4.85. The van der Waals surface area contributed by atoms with Crippen LogP contribution in [-0.4, -0.2) is 42.1 Å². The molecule has 2 saturated heterocycles. The van der Waals surface area contributed by atoms with Crippen molar-refractivity contribution in [3.8, 4) is 0 Å². The maximum Gasteiger partial charge on any atom is 0.309 e. The van der Waals surface area contributed by atoms with Crippen molar-refractivity contribution in [2.45, 2.75) is 63.7 Å². The van der Waals surface area contributed by atoms with Crippen LogP contribution in [0, 0.1) is 5.92 Å². The van der Waals surface area contributed by atoms with Crippen molar-refractivity contribution in [3.63, 3.8) is 0 Å². The van der Waals surface area contributed by atoms with Crippen molar-refractivity contribution in [2.24, 2.45) is 11.7 Å². The number of esters is 1. The Morgan fingerprint density at radius 3 is 2.29 bits per heavy atom. The number of ether oxygens (including phenoxy) is 1. The maximum absolute atomic E-state index is 11.6. The summed E-state index contributed by atoms with van der Waals surface area (Å²) in [6.07, 6.45) is 4.62. The maximum atomic E-state index is 11.6. The van der Waals surface area contributed by atoms with Gasteiger partial charge in [-0.3, -0.25) is 9.69 Å². The molecule has 0 aliphatic carbocycles. The first-order chi connectivity index (χ1) is 8.04. The number of nitrogens with zero attached hydrogens (tertiary/aromatic N) is 1. The highest BCUT2D eigenvalue weighted by Crippen LogP contribution is 2.38. The summed E-state index contributed by atoms with van der Waals surface area (Å²) in [5.74, 6) is -0.163. The lowest BCUT2D eigenvalue weighted by molar-refractivity contribution is -0.147. The van der Waals surface area contributed by atoms with Gasteiger partial charge in [0.15, 0.2) is 0 Å². The Hall–Kier alpha value is -0.610. The van der Waals surface area contributed by atoms with E-state index in [-0.39, 0.29) is 17.9 Å². The zero-order chi connectivity index (χ0) is 12.6. The Bertz CT molecular complexity index is 281. The number of rotatable bonds is 3. The first-order valence-corrected chi connectivity index (χ1v) is 6.65. The van der Waals surface area contributed by atoms with Crippen LogP contribution in [0.1, 0.15) is 39.5 Å². The minimum absolute atomic E-state index is 0.0579. The van der Waals surface area contributed by atoms with Gasteiger partial charge in [-0.15, -0.1) is 0 Å². The molecule has 17 heavy (non-hydrogen) atoms. The molecule has 4 nitrogen and oxygen atoms in total. The van der Waals surface area contributed by atoms with Gasteiger partial charge in [0.05, 0.1) is 13.0 Å². The van der Waals surface area contributed by atoms with Crippen LogP contribution in [0.3, 0.4) is 0 Å². The fraction of sp³-hybridized carbons (Fsp3) is 0.923. The highest BCUT2D eigenvalue weighted by atomic mass is 16.5. The average molecular weight is 240 g/mol. The van der Waals surface area contributed by atoms with Crippen LogP contribution in [0.15, 0.2) is 0 Å². The summed E-state index contributed by atoms with van der Waals surface area (Å²) in [6, 6.07) is 1.76. The van der Waals surface area contributed by atoms with Crippen molar-refractivity contribution in [1.29, 1.82) is 0 Å². The molecule has 2 N–H and O–H groups in total.